The van der Waals surface area contributed by atoms with Gasteiger partial charge < -0.3 is 16.0 Å². The zero-order valence-corrected chi connectivity index (χ0v) is 12.0. The van der Waals surface area contributed by atoms with Crippen molar-refractivity contribution in [2.75, 3.05) is 23.7 Å². The molecule has 1 aliphatic rings. The Morgan fingerprint density at radius 3 is 2.74 bits per heavy atom. The Morgan fingerprint density at radius 2 is 2.16 bits per heavy atom. The molecule has 1 aromatic rings. The maximum atomic E-state index is 12.1. The Kier molecular flexibility index (Phi) is 3.67. The number of rotatable bonds is 3. The molecule has 0 aromatic carbocycles. The molecule has 5 nitrogen and oxygen atoms in total. The van der Waals surface area contributed by atoms with Gasteiger partial charge >= 0.3 is 0 Å². The van der Waals surface area contributed by atoms with Crippen LogP contribution in [-0.4, -0.2) is 29.5 Å². The molecule has 2 rings (SSSR count). The van der Waals surface area contributed by atoms with Gasteiger partial charge in [0.15, 0.2) is 5.13 Å². The molecular weight excluding hydrogens is 260 g/mol. The third-order valence-corrected chi connectivity index (χ3v) is 4.14. The number of carbonyl (C=O) groups excluding carboxylic acids is 1. The molecule has 0 radical (unpaired) electrons. The van der Waals surface area contributed by atoms with E-state index < -0.39 is 5.54 Å². The molecule has 1 amide bonds. The number of hydrogen-bond acceptors (Lipinski definition) is 5. The summed E-state index contributed by atoms with van der Waals surface area (Å²) in [7, 11) is 0. The fraction of sp³-hybridized carbons (Fsp3) is 0.538. The molecule has 1 fully saturated rings. The van der Waals surface area contributed by atoms with Crippen LogP contribution in [0.3, 0.4) is 0 Å². The summed E-state index contributed by atoms with van der Waals surface area (Å²) < 4.78 is 0. The van der Waals surface area contributed by atoms with Crippen molar-refractivity contribution in [3.63, 3.8) is 0 Å². The van der Waals surface area contributed by atoms with E-state index in [0.717, 1.165) is 31.1 Å². The first-order valence-electron chi connectivity index (χ1n) is 6.24. The fourth-order valence-corrected chi connectivity index (χ4v) is 2.84. The van der Waals surface area contributed by atoms with Crippen LogP contribution in [0.15, 0.2) is 0 Å². The van der Waals surface area contributed by atoms with Crippen LogP contribution in [0.25, 0.3) is 0 Å². The monoisotopic (exact) mass is 278 g/mol. The lowest BCUT2D eigenvalue weighted by Crippen LogP contribution is -2.42. The van der Waals surface area contributed by atoms with Crippen molar-refractivity contribution >= 4 is 28.2 Å². The number of terminal acetylenes is 1. The average Bonchev–Trinajstić information content (AvgIpc) is 2.96. The maximum absolute atomic E-state index is 12.1. The molecule has 6 heteroatoms. The number of amides is 1. The molecule has 0 unspecified atom stereocenters. The van der Waals surface area contributed by atoms with Gasteiger partial charge in [-0.15, -0.1) is 6.42 Å². The summed E-state index contributed by atoms with van der Waals surface area (Å²) in [6.07, 6.45) is 7.67. The predicted octanol–water partition coefficient (Wildman–Crippen LogP) is 1.47. The Balaban J connectivity index is 2.16. The Bertz CT molecular complexity index is 523. The molecular formula is C13H18N4OS. The molecule has 102 valence electrons. The van der Waals surface area contributed by atoms with Crippen LogP contribution >= 0.6 is 11.3 Å². The third-order valence-electron chi connectivity index (χ3n) is 3.01. The highest BCUT2D eigenvalue weighted by Crippen LogP contribution is 2.30. The molecule has 1 saturated heterocycles. The van der Waals surface area contributed by atoms with E-state index in [2.05, 4.69) is 21.1 Å². The summed E-state index contributed by atoms with van der Waals surface area (Å²) in [5, 5.41) is 3.58. The molecule has 1 aliphatic heterocycles. The van der Waals surface area contributed by atoms with Gasteiger partial charge in [-0.1, -0.05) is 17.3 Å². The number of aromatic nitrogens is 1. The summed E-state index contributed by atoms with van der Waals surface area (Å²) >= 11 is 1.33. The molecule has 0 saturated carbocycles. The van der Waals surface area contributed by atoms with Crippen LogP contribution in [0.2, 0.25) is 0 Å². The lowest BCUT2D eigenvalue weighted by molar-refractivity contribution is 0.0934. The molecule has 2 heterocycles. The number of hydrogen-bond donors (Lipinski definition) is 2. The van der Waals surface area contributed by atoms with Gasteiger partial charge in [-0.25, -0.2) is 4.98 Å². The van der Waals surface area contributed by atoms with Crippen molar-refractivity contribution < 1.29 is 4.79 Å². The smallest absolute Gasteiger partial charge is 0.266 e. The first-order valence-corrected chi connectivity index (χ1v) is 7.06. The number of nitrogen functional groups attached to an aromatic ring is 1. The van der Waals surface area contributed by atoms with Crippen molar-refractivity contribution in [3.05, 3.63) is 4.88 Å². The molecule has 0 spiro atoms. The van der Waals surface area contributed by atoms with Gasteiger partial charge in [0.25, 0.3) is 5.91 Å². The SMILES string of the molecule is C#CC(C)(C)NC(=O)c1sc(N2CCCC2)nc1N. The van der Waals surface area contributed by atoms with Gasteiger partial charge in [0.05, 0.1) is 5.54 Å². The second-order valence-corrected chi connectivity index (χ2v) is 6.11. The highest BCUT2D eigenvalue weighted by molar-refractivity contribution is 7.18. The zero-order valence-electron chi connectivity index (χ0n) is 11.2. The first kappa shape index (κ1) is 13.7. The van der Waals surface area contributed by atoms with Crippen molar-refractivity contribution in [1.82, 2.24) is 10.3 Å². The minimum Gasteiger partial charge on any atom is -0.382 e. The van der Waals surface area contributed by atoms with Crippen LogP contribution in [-0.2, 0) is 0 Å². The van der Waals surface area contributed by atoms with E-state index in [1.54, 1.807) is 13.8 Å². The molecule has 19 heavy (non-hydrogen) atoms. The normalized spacial score (nSPS) is 15.3. The van der Waals surface area contributed by atoms with Gasteiger partial charge in [0, 0.05) is 13.1 Å². The maximum Gasteiger partial charge on any atom is 0.266 e. The lowest BCUT2D eigenvalue weighted by atomic mass is 10.1. The van der Waals surface area contributed by atoms with E-state index in [-0.39, 0.29) is 11.7 Å². The second-order valence-electron chi connectivity index (χ2n) is 5.13. The Labute approximate surface area is 117 Å². The quantitative estimate of drug-likeness (QED) is 0.821. The summed E-state index contributed by atoms with van der Waals surface area (Å²) in [6.45, 7) is 5.49. The average molecular weight is 278 g/mol. The lowest BCUT2D eigenvalue weighted by Gasteiger charge is -2.18. The van der Waals surface area contributed by atoms with Crippen molar-refractivity contribution in [1.29, 1.82) is 0 Å². The predicted molar refractivity (Wildman–Crippen MR) is 78.4 cm³/mol. The molecule has 0 aliphatic carbocycles. The van der Waals surface area contributed by atoms with Gasteiger partial charge in [-0.05, 0) is 26.7 Å². The van der Waals surface area contributed by atoms with Gasteiger partial charge in [0.2, 0.25) is 0 Å². The number of anilines is 2. The minimum absolute atomic E-state index is 0.261. The zero-order chi connectivity index (χ0) is 14.0. The molecule has 1 aromatic heterocycles. The number of nitrogens with one attached hydrogen (secondary N) is 1. The van der Waals surface area contributed by atoms with E-state index >= 15 is 0 Å². The van der Waals surface area contributed by atoms with Crippen molar-refractivity contribution in [2.45, 2.75) is 32.2 Å². The van der Waals surface area contributed by atoms with Gasteiger partial charge in [-0.2, -0.15) is 0 Å². The van der Waals surface area contributed by atoms with E-state index in [4.69, 9.17) is 12.2 Å². The number of nitrogens with two attached hydrogens (primary N) is 1. The molecule has 0 atom stereocenters. The van der Waals surface area contributed by atoms with Crippen LogP contribution in [0.5, 0.6) is 0 Å². The highest BCUT2D eigenvalue weighted by Gasteiger charge is 2.24. The number of nitrogens with zero attached hydrogens (tertiary/aromatic N) is 2. The third kappa shape index (κ3) is 2.99. The van der Waals surface area contributed by atoms with E-state index in [9.17, 15) is 4.79 Å². The van der Waals surface area contributed by atoms with Gasteiger partial charge in [0.1, 0.15) is 10.7 Å². The van der Waals surface area contributed by atoms with Crippen LogP contribution in [0, 0.1) is 12.3 Å². The highest BCUT2D eigenvalue weighted by atomic mass is 32.1. The standard InChI is InChI=1S/C13H18N4OS/c1-4-13(2,3)16-11(18)9-10(14)15-12(19-9)17-7-5-6-8-17/h1H,5-8,14H2,2-3H3,(H,16,18). The molecule has 3 N–H and O–H groups in total. The van der Waals surface area contributed by atoms with E-state index in [1.807, 2.05) is 0 Å². The van der Waals surface area contributed by atoms with Crippen molar-refractivity contribution in [2.24, 2.45) is 0 Å². The van der Waals surface area contributed by atoms with Gasteiger partial charge in [-0.3, -0.25) is 4.79 Å². The van der Waals surface area contributed by atoms with Crippen LogP contribution < -0.4 is 16.0 Å². The fourth-order valence-electron chi connectivity index (χ4n) is 1.90. The largest absolute Gasteiger partial charge is 0.382 e. The summed E-state index contributed by atoms with van der Waals surface area (Å²) in [5.41, 5.74) is 5.14. The minimum atomic E-state index is -0.693. The molecule has 0 bridgehead atoms. The second kappa shape index (κ2) is 5.10. The Morgan fingerprint density at radius 1 is 1.53 bits per heavy atom. The summed E-state index contributed by atoms with van der Waals surface area (Å²) in [4.78, 5) is 19.0. The summed E-state index contributed by atoms with van der Waals surface area (Å²) in [6, 6.07) is 0. The van der Waals surface area contributed by atoms with E-state index in [1.165, 1.54) is 11.3 Å². The first-order chi connectivity index (χ1) is 8.93. The Hall–Kier alpha value is -1.74. The topological polar surface area (TPSA) is 71.2 Å². The van der Waals surface area contributed by atoms with E-state index in [0.29, 0.717) is 4.88 Å². The number of carbonyl (C=O) groups is 1. The number of thiazole rings is 1. The summed E-state index contributed by atoms with van der Waals surface area (Å²) in [5.74, 6) is 2.54. The van der Waals surface area contributed by atoms with Crippen LogP contribution in [0.1, 0.15) is 36.4 Å². The van der Waals surface area contributed by atoms with Crippen LogP contribution in [0.4, 0.5) is 10.9 Å². The van der Waals surface area contributed by atoms with Crippen molar-refractivity contribution in [3.8, 4) is 12.3 Å².